The Bertz CT molecular complexity index is 3160. The fraction of sp³-hybridized carbons (Fsp3) is 0.0566. The number of aromatic nitrogens is 2. The largest absolute Gasteiger partial charge is 0.456 e. The van der Waals surface area contributed by atoms with Gasteiger partial charge < -0.3 is 4.42 Å². The van der Waals surface area contributed by atoms with Crippen LogP contribution in [0.3, 0.4) is 0 Å². The Balaban J connectivity index is 1.21. The van der Waals surface area contributed by atoms with E-state index in [2.05, 4.69) is 184 Å². The molecule has 11 rings (SSSR count). The first kappa shape index (κ1) is 32.3. The zero-order chi connectivity index (χ0) is 37.4. The van der Waals surface area contributed by atoms with Gasteiger partial charge in [0, 0.05) is 38.4 Å². The standard InChI is InChI=1S/C53H36N2O/c1-53(2)43-25-13-11-22-40(43)50-41(24-15-26-44(50)53)46-32-45(54-52(55-46)34-18-7-4-8-19-34)37-28-36(33-16-5-3-6-17-33)29-38(30-37)49-39-21-10-9-20-35(39)31-48-51(49)42-23-12-14-27-47(42)56-48/h3-32H,1-2H3. The van der Waals surface area contributed by atoms with Crippen LogP contribution in [-0.2, 0) is 5.41 Å². The predicted molar refractivity (Wildman–Crippen MR) is 232 cm³/mol. The van der Waals surface area contributed by atoms with Crippen molar-refractivity contribution in [2.24, 2.45) is 0 Å². The first-order valence-corrected chi connectivity index (χ1v) is 19.2. The highest BCUT2D eigenvalue weighted by atomic mass is 16.3. The molecular formula is C53H36N2O. The highest BCUT2D eigenvalue weighted by Gasteiger charge is 2.37. The second-order valence-corrected chi connectivity index (χ2v) is 15.3. The molecule has 2 aromatic heterocycles. The van der Waals surface area contributed by atoms with Gasteiger partial charge in [-0.2, -0.15) is 0 Å². The zero-order valence-corrected chi connectivity index (χ0v) is 31.1. The van der Waals surface area contributed by atoms with E-state index in [4.69, 9.17) is 14.4 Å². The molecule has 264 valence electrons. The van der Waals surface area contributed by atoms with E-state index in [1.165, 1.54) is 27.6 Å². The van der Waals surface area contributed by atoms with Gasteiger partial charge in [-0.15, -0.1) is 0 Å². The molecule has 3 nitrogen and oxygen atoms in total. The van der Waals surface area contributed by atoms with Crippen LogP contribution in [0, 0.1) is 0 Å². The average Bonchev–Trinajstić information content (AvgIpc) is 3.74. The Kier molecular flexibility index (Phi) is 7.20. The van der Waals surface area contributed by atoms with E-state index in [1.54, 1.807) is 0 Å². The van der Waals surface area contributed by atoms with Crippen molar-refractivity contribution in [3.05, 3.63) is 193 Å². The topological polar surface area (TPSA) is 38.9 Å². The number of para-hydroxylation sites is 1. The number of benzene rings is 8. The minimum atomic E-state index is -0.125. The van der Waals surface area contributed by atoms with Gasteiger partial charge in [0.2, 0.25) is 0 Å². The van der Waals surface area contributed by atoms with Crippen molar-refractivity contribution in [1.82, 2.24) is 9.97 Å². The normalized spacial score (nSPS) is 13.0. The highest BCUT2D eigenvalue weighted by Crippen LogP contribution is 2.52. The third kappa shape index (κ3) is 5.05. The molecule has 2 heterocycles. The highest BCUT2D eigenvalue weighted by molar-refractivity contribution is 6.21. The summed E-state index contributed by atoms with van der Waals surface area (Å²) >= 11 is 0. The van der Waals surface area contributed by atoms with Crippen LogP contribution in [0.5, 0.6) is 0 Å². The molecule has 0 N–H and O–H groups in total. The molecule has 0 fully saturated rings. The fourth-order valence-corrected chi connectivity index (χ4v) is 8.98. The summed E-state index contributed by atoms with van der Waals surface area (Å²) in [6.07, 6.45) is 0. The summed E-state index contributed by atoms with van der Waals surface area (Å²) in [6, 6.07) is 64.8. The van der Waals surface area contributed by atoms with Crippen molar-refractivity contribution in [2.45, 2.75) is 19.3 Å². The number of furan rings is 1. The molecule has 10 aromatic rings. The minimum absolute atomic E-state index is 0.125. The van der Waals surface area contributed by atoms with Crippen molar-refractivity contribution in [3.8, 4) is 67.3 Å². The van der Waals surface area contributed by atoms with Gasteiger partial charge in [-0.05, 0) is 86.1 Å². The Morgan fingerprint density at radius 3 is 1.88 bits per heavy atom. The molecule has 1 aliphatic carbocycles. The van der Waals surface area contributed by atoms with Crippen LogP contribution in [0.4, 0.5) is 0 Å². The van der Waals surface area contributed by atoms with Crippen molar-refractivity contribution in [3.63, 3.8) is 0 Å². The quantitative estimate of drug-likeness (QED) is 0.178. The molecule has 0 saturated carbocycles. The summed E-state index contributed by atoms with van der Waals surface area (Å²) in [6.45, 7) is 4.65. The van der Waals surface area contributed by atoms with Crippen LogP contribution in [0.1, 0.15) is 25.0 Å². The molecule has 0 saturated heterocycles. The lowest BCUT2D eigenvalue weighted by Crippen LogP contribution is -2.14. The average molecular weight is 717 g/mol. The number of nitrogens with zero attached hydrogens (tertiary/aromatic N) is 2. The van der Waals surface area contributed by atoms with Crippen LogP contribution >= 0.6 is 0 Å². The fourth-order valence-electron chi connectivity index (χ4n) is 8.98. The maximum Gasteiger partial charge on any atom is 0.160 e. The predicted octanol–water partition coefficient (Wildman–Crippen LogP) is 14.2. The molecule has 0 unspecified atom stereocenters. The molecule has 0 amide bonds. The van der Waals surface area contributed by atoms with E-state index in [0.717, 1.165) is 77.7 Å². The zero-order valence-electron chi connectivity index (χ0n) is 31.1. The van der Waals surface area contributed by atoms with Gasteiger partial charge in [0.1, 0.15) is 11.2 Å². The molecule has 0 spiro atoms. The van der Waals surface area contributed by atoms with Crippen LogP contribution < -0.4 is 0 Å². The Labute approximate surface area is 325 Å². The van der Waals surface area contributed by atoms with Crippen LogP contribution in [0.2, 0.25) is 0 Å². The maximum atomic E-state index is 6.54. The van der Waals surface area contributed by atoms with Gasteiger partial charge in [0.05, 0.1) is 11.4 Å². The smallest absolute Gasteiger partial charge is 0.160 e. The summed E-state index contributed by atoms with van der Waals surface area (Å²) in [5, 5.41) is 4.53. The third-order valence-corrected chi connectivity index (χ3v) is 11.7. The van der Waals surface area contributed by atoms with Gasteiger partial charge in [0.15, 0.2) is 5.82 Å². The second-order valence-electron chi connectivity index (χ2n) is 15.3. The van der Waals surface area contributed by atoms with Crippen molar-refractivity contribution < 1.29 is 4.42 Å². The summed E-state index contributed by atoms with van der Waals surface area (Å²) in [4.78, 5) is 10.7. The maximum absolute atomic E-state index is 6.54. The van der Waals surface area contributed by atoms with Crippen molar-refractivity contribution in [2.75, 3.05) is 0 Å². The second kappa shape index (κ2) is 12.5. The summed E-state index contributed by atoms with van der Waals surface area (Å²) in [5.41, 5.74) is 16.2. The van der Waals surface area contributed by atoms with E-state index in [-0.39, 0.29) is 5.41 Å². The van der Waals surface area contributed by atoms with E-state index < -0.39 is 0 Å². The number of fused-ring (bicyclic) bond motifs is 7. The van der Waals surface area contributed by atoms with Crippen molar-refractivity contribution in [1.29, 1.82) is 0 Å². The Hall–Kier alpha value is -7.10. The summed E-state index contributed by atoms with van der Waals surface area (Å²) in [7, 11) is 0. The van der Waals surface area contributed by atoms with E-state index in [1.807, 2.05) is 12.1 Å². The number of rotatable bonds is 5. The van der Waals surface area contributed by atoms with E-state index in [9.17, 15) is 0 Å². The lowest BCUT2D eigenvalue weighted by atomic mass is 9.82. The Morgan fingerprint density at radius 2 is 1.04 bits per heavy atom. The number of hydrogen-bond acceptors (Lipinski definition) is 3. The third-order valence-electron chi connectivity index (χ3n) is 11.7. The van der Waals surface area contributed by atoms with Gasteiger partial charge in [-0.1, -0.05) is 159 Å². The molecule has 0 atom stereocenters. The molecule has 0 aliphatic heterocycles. The minimum Gasteiger partial charge on any atom is -0.456 e. The molecule has 8 aromatic carbocycles. The molecular weight excluding hydrogens is 681 g/mol. The van der Waals surface area contributed by atoms with Crippen LogP contribution in [-0.4, -0.2) is 9.97 Å². The molecule has 0 radical (unpaired) electrons. The Morgan fingerprint density at radius 1 is 0.411 bits per heavy atom. The lowest BCUT2D eigenvalue weighted by Gasteiger charge is -2.21. The van der Waals surface area contributed by atoms with Gasteiger partial charge in [0.25, 0.3) is 0 Å². The SMILES string of the molecule is CC1(C)c2ccccc2-c2c(-c3cc(-c4cc(-c5ccccc5)cc(-c5c6ccccc6cc6oc7ccccc7c56)c4)nc(-c4ccccc4)n3)cccc21. The number of hydrogen-bond donors (Lipinski definition) is 0. The molecule has 0 bridgehead atoms. The van der Waals surface area contributed by atoms with Crippen LogP contribution in [0.25, 0.3) is 100.0 Å². The van der Waals surface area contributed by atoms with Gasteiger partial charge in [-0.3, -0.25) is 0 Å². The lowest BCUT2D eigenvalue weighted by molar-refractivity contribution is 0.660. The van der Waals surface area contributed by atoms with E-state index >= 15 is 0 Å². The van der Waals surface area contributed by atoms with Gasteiger partial charge >= 0.3 is 0 Å². The first-order valence-electron chi connectivity index (χ1n) is 19.2. The molecule has 1 aliphatic rings. The summed E-state index contributed by atoms with van der Waals surface area (Å²) < 4.78 is 6.54. The van der Waals surface area contributed by atoms with Crippen LogP contribution in [0.15, 0.2) is 186 Å². The molecule has 56 heavy (non-hydrogen) atoms. The summed E-state index contributed by atoms with van der Waals surface area (Å²) in [5.74, 6) is 0.696. The molecule has 3 heteroatoms. The van der Waals surface area contributed by atoms with Gasteiger partial charge in [-0.25, -0.2) is 9.97 Å². The monoisotopic (exact) mass is 716 g/mol. The first-order chi connectivity index (χ1) is 27.5. The van der Waals surface area contributed by atoms with Crippen molar-refractivity contribution >= 4 is 32.7 Å². The van der Waals surface area contributed by atoms with E-state index in [0.29, 0.717) is 5.82 Å².